The van der Waals surface area contributed by atoms with Gasteiger partial charge < -0.3 is 9.90 Å². The van der Waals surface area contributed by atoms with Gasteiger partial charge in [0.05, 0.1) is 5.97 Å². The van der Waals surface area contributed by atoms with Crippen molar-refractivity contribution in [2.24, 2.45) is 0 Å². The number of carbonyl (C=O) groups excluding carboxylic acids is 1. The van der Waals surface area contributed by atoms with Crippen LogP contribution in [0.25, 0.3) is 5.57 Å². The van der Waals surface area contributed by atoms with Crippen LogP contribution in [0.2, 0.25) is 5.02 Å². The highest BCUT2D eigenvalue weighted by molar-refractivity contribution is 7.98. The summed E-state index contributed by atoms with van der Waals surface area (Å²) in [6, 6.07) is 13.4. The van der Waals surface area contributed by atoms with Gasteiger partial charge in [0, 0.05) is 15.7 Å². The highest BCUT2D eigenvalue weighted by atomic mass is 35.5. The SMILES string of the molecule is O=C([O-])/C=C1/c2ccccc2CSc2ccc(Cl)cc21. The van der Waals surface area contributed by atoms with Crippen molar-refractivity contribution in [2.45, 2.75) is 10.6 Å². The Hall–Kier alpha value is -1.71. The van der Waals surface area contributed by atoms with Crippen LogP contribution in [-0.4, -0.2) is 5.97 Å². The first-order valence-electron chi connectivity index (χ1n) is 6.09. The van der Waals surface area contributed by atoms with Crippen LogP contribution in [-0.2, 0) is 10.5 Å². The highest BCUT2D eigenvalue weighted by Crippen LogP contribution is 2.40. The molecule has 1 aliphatic heterocycles. The van der Waals surface area contributed by atoms with Gasteiger partial charge in [-0.3, -0.25) is 0 Å². The summed E-state index contributed by atoms with van der Waals surface area (Å²) in [5, 5.41) is 11.6. The molecule has 0 unspecified atom stereocenters. The Labute approximate surface area is 126 Å². The lowest BCUT2D eigenvalue weighted by Crippen LogP contribution is -2.19. The standard InChI is InChI=1S/C16H11ClO2S/c17-11-5-6-15-14(7-11)13(8-16(18)19)12-4-2-1-3-10(12)9-20-15/h1-8H,9H2,(H,18,19)/p-1/b13-8-. The number of halogens is 1. The van der Waals surface area contributed by atoms with Gasteiger partial charge in [0.15, 0.2) is 0 Å². The molecular weight excluding hydrogens is 292 g/mol. The fourth-order valence-electron chi connectivity index (χ4n) is 2.32. The summed E-state index contributed by atoms with van der Waals surface area (Å²) in [5.41, 5.74) is 3.53. The van der Waals surface area contributed by atoms with Crippen molar-refractivity contribution in [3.05, 3.63) is 70.3 Å². The number of carboxylic acid groups (broad SMARTS) is 1. The van der Waals surface area contributed by atoms with Crippen molar-refractivity contribution in [1.29, 1.82) is 0 Å². The lowest BCUT2D eigenvalue weighted by atomic mass is 9.94. The minimum Gasteiger partial charge on any atom is -0.545 e. The topological polar surface area (TPSA) is 40.1 Å². The summed E-state index contributed by atoms with van der Waals surface area (Å²) in [5.74, 6) is -0.400. The molecule has 0 saturated heterocycles. The molecule has 0 spiro atoms. The molecular formula is C16H10ClO2S-. The van der Waals surface area contributed by atoms with Crippen LogP contribution in [0, 0.1) is 0 Å². The monoisotopic (exact) mass is 301 g/mol. The Balaban J connectivity index is 2.30. The first-order chi connectivity index (χ1) is 9.65. The van der Waals surface area contributed by atoms with Gasteiger partial charge in [-0.05, 0) is 46.5 Å². The Bertz CT molecular complexity index is 722. The van der Waals surface area contributed by atoms with Crippen LogP contribution in [0.1, 0.15) is 16.7 Å². The number of thioether (sulfide) groups is 1. The second kappa shape index (κ2) is 5.35. The van der Waals surface area contributed by atoms with Crippen LogP contribution in [0.3, 0.4) is 0 Å². The molecule has 2 aromatic rings. The van der Waals surface area contributed by atoms with E-state index < -0.39 is 5.97 Å². The number of benzene rings is 2. The fraction of sp³-hybridized carbons (Fsp3) is 0.0625. The number of rotatable bonds is 1. The lowest BCUT2D eigenvalue weighted by Gasteiger charge is -2.12. The largest absolute Gasteiger partial charge is 0.545 e. The van der Waals surface area contributed by atoms with Crippen molar-refractivity contribution in [2.75, 3.05) is 0 Å². The zero-order chi connectivity index (χ0) is 14.1. The molecule has 0 aliphatic carbocycles. The second-order valence-corrected chi connectivity index (χ2v) is 5.92. The summed E-state index contributed by atoms with van der Waals surface area (Å²) in [4.78, 5) is 12.1. The average Bonchev–Trinajstić information content (AvgIpc) is 2.57. The van der Waals surface area contributed by atoms with Crippen LogP contribution in [0.5, 0.6) is 0 Å². The van der Waals surface area contributed by atoms with Gasteiger partial charge in [0.1, 0.15) is 0 Å². The molecule has 2 nitrogen and oxygen atoms in total. The summed E-state index contributed by atoms with van der Waals surface area (Å²) >= 11 is 7.74. The molecule has 0 atom stereocenters. The maximum atomic E-state index is 11.1. The smallest absolute Gasteiger partial charge is 0.0649 e. The summed E-state index contributed by atoms with van der Waals surface area (Å²) < 4.78 is 0. The van der Waals surface area contributed by atoms with Gasteiger partial charge in [-0.15, -0.1) is 11.8 Å². The molecule has 0 amide bonds. The van der Waals surface area contributed by atoms with E-state index in [1.165, 1.54) is 0 Å². The van der Waals surface area contributed by atoms with Crippen LogP contribution in [0.4, 0.5) is 0 Å². The number of hydrogen-bond acceptors (Lipinski definition) is 3. The third-order valence-electron chi connectivity index (χ3n) is 3.18. The molecule has 1 heterocycles. The van der Waals surface area contributed by atoms with Crippen molar-refractivity contribution >= 4 is 34.9 Å². The third kappa shape index (κ3) is 2.47. The van der Waals surface area contributed by atoms with Gasteiger partial charge in [-0.2, -0.15) is 0 Å². The van der Waals surface area contributed by atoms with Crippen molar-refractivity contribution in [1.82, 2.24) is 0 Å². The van der Waals surface area contributed by atoms with E-state index in [1.807, 2.05) is 36.4 Å². The molecule has 0 radical (unpaired) electrons. The number of carbonyl (C=O) groups is 1. The summed E-state index contributed by atoms with van der Waals surface area (Å²) in [7, 11) is 0. The molecule has 2 aromatic carbocycles. The highest BCUT2D eigenvalue weighted by Gasteiger charge is 2.18. The third-order valence-corrected chi connectivity index (χ3v) is 4.54. The summed E-state index contributed by atoms with van der Waals surface area (Å²) in [6.45, 7) is 0. The molecule has 1 aliphatic rings. The van der Waals surface area contributed by atoms with Gasteiger partial charge in [0.25, 0.3) is 0 Å². The molecule has 0 bridgehead atoms. The van der Waals surface area contributed by atoms with E-state index in [4.69, 9.17) is 11.6 Å². The number of fused-ring (bicyclic) bond motifs is 2. The number of carboxylic acids is 1. The number of aliphatic carboxylic acids is 1. The Morgan fingerprint density at radius 2 is 2.00 bits per heavy atom. The van der Waals surface area contributed by atoms with Crippen molar-refractivity contribution in [3.63, 3.8) is 0 Å². The van der Waals surface area contributed by atoms with Crippen LogP contribution >= 0.6 is 23.4 Å². The van der Waals surface area contributed by atoms with E-state index in [2.05, 4.69) is 0 Å². The Kier molecular flexibility index (Phi) is 3.55. The molecule has 0 saturated carbocycles. The normalized spacial score (nSPS) is 15.3. The average molecular weight is 302 g/mol. The van der Waals surface area contributed by atoms with Gasteiger partial charge in [-0.1, -0.05) is 35.9 Å². The van der Waals surface area contributed by atoms with Crippen LogP contribution < -0.4 is 5.11 Å². The van der Waals surface area contributed by atoms with E-state index in [9.17, 15) is 9.90 Å². The zero-order valence-corrected chi connectivity index (χ0v) is 12.0. The number of hydrogen-bond donors (Lipinski definition) is 0. The molecule has 3 rings (SSSR count). The Morgan fingerprint density at radius 3 is 2.80 bits per heavy atom. The zero-order valence-electron chi connectivity index (χ0n) is 10.4. The molecule has 100 valence electrons. The Morgan fingerprint density at radius 1 is 1.20 bits per heavy atom. The van der Waals surface area contributed by atoms with E-state index in [0.29, 0.717) is 10.6 Å². The molecule has 0 fully saturated rings. The van der Waals surface area contributed by atoms with Gasteiger partial charge in [-0.25, -0.2) is 0 Å². The van der Waals surface area contributed by atoms with Crippen molar-refractivity contribution < 1.29 is 9.90 Å². The molecule has 0 aromatic heterocycles. The van der Waals surface area contributed by atoms with E-state index in [1.54, 1.807) is 17.8 Å². The first-order valence-corrected chi connectivity index (χ1v) is 7.45. The van der Waals surface area contributed by atoms with Crippen molar-refractivity contribution in [3.8, 4) is 0 Å². The van der Waals surface area contributed by atoms with E-state index in [0.717, 1.165) is 33.4 Å². The predicted molar refractivity (Wildman–Crippen MR) is 79.5 cm³/mol. The maximum Gasteiger partial charge on any atom is 0.0649 e. The van der Waals surface area contributed by atoms with Gasteiger partial charge in [0.2, 0.25) is 0 Å². The quantitative estimate of drug-likeness (QED) is 0.760. The first kappa shape index (κ1) is 13.3. The predicted octanol–water partition coefficient (Wildman–Crippen LogP) is 3.13. The molecule has 4 heteroatoms. The van der Waals surface area contributed by atoms with E-state index in [-0.39, 0.29) is 0 Å². The second-order valence-electron chi connectivity index (χ2n) is 4.46. The fourth-order valence-corrected chi connectivity index (χ4v) is 3.54. The minimum atomic E-state index is -1.20. The van der Waals surface area contributed by atoms with Gasteiger partial charge >= 0.3 is 0 Å². The summed E-state index contributed by atoms with van der Waals surface area (Å²) in [6.07, 6.45) is 1.15. The maximum absolute atomic E-state index is 11.1. The molecule has 20 heavy (non-hydrogen) atoms. The molecule has 0 N–H and O–H groups in total. The lowest BCUT2D eigenvalue weighted by molar-refractivity contribution is -0.297. The van der Waals surface area contributed by atoms with E-state index >= 15 is 0 Å². The van der Waals surface area contributed by atoms with Crippen LogP contribution in [0.15, 0.2) is 53.4 Å². The minimum absolute atomic E-state index is 0.591.